The maximum atomic E-state index is 2.71. The molecule has 0 saturated carbocycles. The van der Waals surface area contributed by atoms with Crippen LogP contribution in [0.1, 0.15) is 103 Å². The average molecular weight is 1150 g/mol. The molecule has 12 aromatic carbocycles. The molecule has 89 heavy (non-hydrogen) atoms. The van der Waals surface area contributed by atoms with E-state index in [1.807, 2.05) is 0 Å². The standard InChI is InChI=1S/C86H77BN2/c1-56(2)63-42-45-70(75(50-63)57(3)4)67-53-80-82-81(54-67)89(84-73(61-34-22-14-23-35-61)40-27-41-74(84)62-36-24-15-25-37-62)79-52-65(66-48-68(85(5,6)7)55-69(49-66)86(8,9)10)43-46-76(79)87(82)77-51-64(58-28-16-11-17-29-58)44-47-78(77)88(80)83-71(59-30-18-12-19-31-59)38-26-39-72(83)60-32-20-13-21-33-60/h11-57H,1-10H3. The Hall–Kier alpha value is -9.70. The van der Waals surface area contributed by atoms with Gasteiger partial charge >= 0.3 is 0 Å². The van der Waals surface area contributed by atoms with Gasteiger partial charge in [0.25, 0.3) is 6.71 Å². The highest BCUT2D eigenvalue weighted by Crippen LogP contribution is 2.54. The van der Waals surface area contributed by atoms with E-state index in [1.165, 1.54) is 77.7 Å². The highest BCUT2D eigenvalue weighted by atomic mass is 15.2. The molecule has 2 aliphatic heterocycles. The van der Waals surface area contributed by atoms with Gasteiger partial charge in [-0.2, -0.15) is 0 Å². The van der Waals surface area contributed by atoms with Crippen LogP contribution in [0.2, 0.25) is 0 Å². The van der Waals surface area contributed by atoms with Gasteiger partial charge in [-0.1, -0.05) is 318 Å². The number of anilines is 6. The third-order valence-corrected chi connectivity index (χ3v) is 18.7. The summed E-state index contributed by atoms with van der Waals surface area (Å²) in [5, 5.41) is 0. The Bertz CT molecular complexity index is 4460. The molecule has 0 N–H and O–H groups in total. The fourth-order valence-corrected chi connectivity index (χ4v) is 13.9. The van der Waals surface area contributed by atoms with Gasteiger partial charge in [-0.05, 0) is 141 Å². The van der Waals surface area contributed by atoms with E-state index in [4.69, 9.17) is 0 Å². The molecule has 2 aliphatic rings. The Labute approximate surface area is 528 Å². The van der Waals surface area contributed by atoms with Crippen molar-refractivity contribution in [2.75, 3.05) is 9.80 Å². The lowest BCUT2D eigenvalue weighted by Crippen LogP contribution is -2.61. The predicted molar refractivity (Wildman–Crippen MR) is 384 cm³/mol. The summed E-state index contributed by atoms with van der Waals surface area (Å²) in [6.07, 6.45) is 0. The fraction of sp³-hybridized carbons (Fsp3) is 0.163. The lowest BCUT2D eigenvalue weighted by atomic mass is 9.33. The molecule has 0 atom stereocenters. The summed E-state index contributed by atoms with van der Waals surface area (Å²) in [6.45, 7) is 23.3. The van der Waals surface area contributed by atoms with Gasteiger partial charge in [-0.3, -0.25) is 0 Å². The normalized spacial score (nSPS) is 12.7. The summed E-state index contributed by atoms with van der Waals surface area (Å²) in [7, 11) is 0. The van der Waals surface area contributed by atoms with Crippen molar-refractivity contribution in [2.24, 2.45) is 0 Å². The summed E-state index contributed by atoms with van der Waals surface area (Å²) in [4.78, 5) is 5.39. The van der Waals surface area contributed by atoms with Gasteiger partial charge in [0.05, 0.1) is 11.4 Å². The summed E-state index contributed by atoms with van der Waals surface area (Å²) in [5.41, 5.74) is 32.5. The first-order chi connectivity index (χ1) is 43.1. The zero-order chi connectivity index (χ0) is 61.3. The molecule has 0 unspecified atom stereocenters. The van der Waals surface area contributed by atoms with E-state index in [-0.39, 0.29) is 23.5 Å². The molecule has 0 fully saturated rings. The zero-order valence-corrected chi connectivity index (χ0v) is 53.1. The first-order valence-electron chi connectivity index (χ1n) is 32.0. The molecular formula is C86H77BN2. The predicted octanol–water partition coefficient (Wildman–Crippen LogP) is 22.3. The van der Waals surface area contributed by atoms with Gasteiger partial charge < -0.3 is 9.80 Å². The van der Waals surface area contributed by atoms with Crippen molar-refractivity contribution >= 4 is 57.2 Å². The van der Waals surface area contributed by atoms with E-state index in [2.05, 4.69) is 352 Å². The second-order valence-electron chi connectivity index (χ2n) is 27.3. The summed E-state index contributed by atoms with van der Waals surface area (Å²) >= 11 is 0. The minimum atomic E-state index is -0.184. The van der Waals surface area contributed by atoms with Gasteiger partial charge in [-0.15, -0.1) is 0 Å². The molecule has 0 aliphatic carbocycles. The Morgan fingerprint density at radius 3 is 1.13 bits per heavy atom. The van der Waals surface area contributed by atoms with Crippen LogP contribution in [-0.4, -0.2) is 6.71 Å². The molecule has 2 nitrogen and oxygen atoms in total. The molecule has 0 bridgehead atoms. The number of hydrogen-bond donors (Lipinski definition) is 0. The van der Waals surface area contributed by atoms with Crippen LogP contribution in [0.5, 0.6) is 0 Å². The van der Waals surface area contributed by atoms with Gasteiger partial charge in [0, 0.05) is 45.0 Å². The second-order valence-corrected chi connectivity index (χ2v) is 27.3. The van der Waals surface area contributed by atoms with Crippen molar-refractivity contribution in [3.05, 3.63) is 295 Å². The molecule has 434 valence electrons. The molecular weight excluding hydrogens is 1070 g/mol. The largest absolute Gasteiger partial charge is 0.310 e. The van der Waals surface area contributed by atoms with Crippen molar-refractivity contribution in [1.82, 2.24) is 0 Å². The molecule has 0 saturated heterocycles. The minimum absolute atomic E-state index is 0.0724. The molecule has 14 rings (SSSR count). The maximum absolute atomic E-state index is 2.71. The van der Waals surface area contributed by atoms with Crippen LogP contribution in [0.15, 0.2) is 273 Å². The average Bonchev–Trinajstić information content (AvgIpc) is 0.697. The second kappa shape index (κ2) is 22.8. The Balaban J connectivity index is 1.19. The van der Waals surface area contributed by atoms with Crippen molar-refractivity contribution < 1.29 is 0 Å². The van der Waals surface area contributed by atoms with E-state index in [9.17, 15) is 0 Å². The quantitative estimate of drug-likeness (QED) is 0.119. The molecule has 0 radical (unpaired) electrons. The van der Waals surface area contributed by atoms with Crippen LogP contribution in [0.25, 0.3) is 77.9 Å². The van der Waals surface area contributed by atoms with Crippen molar-refractivity contribution in [2.45, 2.75) is 91.9 Å². The van der Waals surface area contributed by atoms with Gasteiger partial charge in [-0.25, -0.2) is 0 Å². The molecule has 2 heterocycles. The number of hydrogen-bond acceptors (Lipinski definition) is 2. The lowest BCUT2D eigenvalue weighted by molar-refractivity contribution is 0.569. The number of nitrogens with zero attached hydrogens (tertiary/aromatic N) is 2. The van der Waals surface area contributed by atoms with Crippen LogP contribution >= 0.6 is 0 Å². The zero-order valence-electron chi connectivity index (χ0n) is 53.1. The highest BCUT2D eigenvalue weighted by molar-refractivity contribution is 7.00. The third-order valence-electron chi connectivity index (χ3n) is 18.7. The van der Waals surface area contributed by atoms with E-state index < -0.39 is 0 Å². The van der Waals surface area contributed by atoms with Gasteiger partial charge in [0.1, 0.15) is 0 Å². The van der Waals surface area contributed by atoms with E-state index >= 15 is 0 Å². The van der Waals surface area contributed by atoms with Crippen LogP contribution in [-0.2, 0) is 10.8 Å². The minimum Gasteiger partial charge on any atom is -0.310 e. The number of rotatable bonds is 11. The molecule has 3 heteroatoms. The molecule has 0 aromatic heterocycles. The number of benzene rings is 12. The first-order valence-corrected chi connectivity index (χ1v) is 32.0. The van der Waals surface area contributed by atoms with Crippen LogP contribution in [0, 0.1) is 0 Å². The maximum Gasteiger partial charge on any atom is 0.252 e. The van der Waals surface area contributed by atoms with Crippen LogP contribution in [0.3, 0.4) is 0 Å². The molecule has 0 amide bonds. The van der Waals surface area contributed by atoms with Crippen molar-refractivity contribution in [3.63, 3.8) is 0 Å². The van der Waals surface area contributed by atoms with Crippen LogP contribution in [0.4, 0.5) is 34.1 Å². The van der Waals surface area contributed by atoms with Gasteiger partial charge in [0.15, 0.2) is 0 Å². The van der Waals surface area contributed by atoms with Gasteiger partial charge in [0.2, 0.25) is 0 Å². The fourth-order valence-electron chi connectivity index (χ4n) is 13.9. The Morgan fingerprint density at radius 2 is 0.697 bits per heavy atom. The SMILES string of the molecule is CC(C)c1ccc(-c2cc3c4c(c2)N(c2c(-c5ccccc5)cccc2-c2ccccc2)c2cc(-c5cc(C(C)(C)C)cc(C(C)(C)C)c5)ccc2B4c2cc(-c4ccccc4)ccc2N3c2c(-c3ccccc3)cccc2-c2ccccc2)c(C(C)C)c1. The summed E-state index contributed by atoms with van der Waals surface area (Å²) in [5.74, 6) is 0.631. The topological polar surface area (TPSA) is 6.48 Å². The first kappa shape index (κ1) is 57.1. The molecule has 12 aromatic rings. The lowest BCUT2D eigenvalue weighted by Gasteiger charge is -2.46. The van der Waals surface area contributed by atoms with E-state index in [0.29, 0.717) is 5.92 Å². The van der Waals surface area contributed by atoms with Crippen molar-refractivity contribution in [1.29, 1.82) is 0 Å². The summed E-state index contributed by atoms with van der Waals surface area (Å²) < 4.78 is 0. The number of para-hydroxylation sites is 2. The van der Waals surface area contributed by atoms with Crippen molar-refractivity contribution in [3.8, 4) is 77.9 Å². The highest BCUT2D eigenvalue weighted by Gasteiger charge is 2.46. The smallest absolute Gasteiger partial charge is 0.252 e. The Kier molecular flexibility index (Phi) is 14.6. The van der Waals surface area contributed by atoms with Crippen LogP contribution < -0.4 is 26.2 Å². The monoisotopic (exact) mass is 1150 g/mol. The number of fused-ring (bicyclic) bond motifs is 4. The third kappa shape index (κ3) is 10.4. The van der Waals surface area contributed by atoms with E-state index in [0.717, 1.165) is 72.9 Å². The summed E-state index contributed by atoms with van der Waals surface area (Å²) in [6, 6.07) is 104. The Morgan fingerprint density at radius 1 is 0.281 bits per heavy atom. The molecule has 0 spiro atoms. The van der Waals surface area contributed by atoms with E-state index in [1.54, 1.807) is 0 Å².